The molecule has 3 N–H and O–H groups in total. The lowest BCUT2D eigenvalue weighted by Gasteiger charge is -2.35. The summed E-state index contributed by atoms with van der Waals surface area (Å²) in [5.41, 5.74) is 2.74. The number of piperazine rings is 1. The van der Waals surface area contributed by atoms with Gasteiger partial charge in [-0.1, -0.05) is 23.8 Å². The van der Waals surface area contributed by atoms with Crippen molar-refractivity contribution in [2.24, 2.45) is 0 Å². The lowest BCUT2D eigenvalue weighted by atomic mass is 10.2. The zero-order valence-electron chi connectivity index (χ0n) is 17.0. The Morgan fingerprint density at radius 3 is 2.77 bits per heavy atom. The van der Waals surface area contributed by atoms with Gasteiger partial charge in [-0.2, -0.15) is 5.10 Å². The van der Waals surface area contributed by atoms with E-state index in [4.69, 9.17) is 0 Å². The summed E-state index contributed by atoms with van der Waals surface area (Å²) in [6.07, 6.45) is 0. The Bertz CT molecular complexity index is 1240. The van der Waals surface area contributed by atoms with Crippen molar-refractivity contribution in [3.8, 4) is 0 Å². The Balaban J connectivity index is 1.16. The zero-order chi connectivity index (χ0) is 20.5. The van der Waals surface area contributed by atoms with Crippen molar-refractivity contribution in [1.29, 1.82) is 0 Å². The predicted octanol–water partition coefficient (Wildman–Crippen LogP) is 2.34. The molecule has 8 heteroatoms. The van der Waals surface area contributed by atoms with Gasteiger partial charge in [-0.25, -0.2) is 4.98 Å². The van der Waals surface area contributed by atoms with Gasteiger partial charge in [0.2, 0.25) is 5.95 Å². The van der Waals surface area contributed by atoms with Crippen LogP contribution in [0.4, 0.5) is 11.8 Å². The molecular weight excluding hydrogens is 378 g/mol. The number of anilines is 2. The minimum absolute atomic E-state index is 0.106. The van der Waals surface area contributed by atoms with Gasteiger partial charge in [0.1, 0.15) is 0 Å². The summed E-state index contributed by atoms with van der Waals surface area (Å²) in [6, 6.07) is 14.0. The fourth-order valence-corrected chi connectivity index (χ4v) is 4.04. The number of para-hydroxylation sites is 1. The normalized spacial score (nSPS) is 15.2. The predicted molar refractivity (Wildman–Crippen MR) is 120 cm³/mol. The maximum atomic E-state index is 12.3. The van der Waals surface area contributed by atoms with Crippen molar-refractivity contribution >= 4 is 33.6 Å². The number of H-pyrrole nitrogens is 2. The van der Waals surface area contributed by atoms with Gasteiger partial charge in [0.05, 0.1) is 16.4 Å². The summed E-state index contributed by atoms with van der Waals surface area (Å²) in [5, 5.41) is 12.7. The number of fused-ring (bicyclic) bond motifs is 2. The van der Waals surface area contributed by atoms with Gasteiger partial charge in [-0.05, 0) is 31.2 Å². The van der Waals surface area contributed by atoms with Crippen LogP contribution in [0.15, 0.2) is 47.3 Å². The number of aryl methyl sites for hydroxylation is 1. The molecule has 0 amide bonds. The van der Waals surface area contributed by atoms with Crippen molar-refractivity contribution in [3.05, 3.63) is 58.4 Å². The van der Waals surface area contributed by atoms with Crippen LogP contribution in [0, 0.1) is 6.92 Å². The topological polar surface area (TPSA) is 92.9 Å². The molecule has 3 heterocycles. The molecule has 4 aromatic rings. The number of nitrogens with zero attached hydrogens (tertiary/aromatic N) is 4. The minimum atomic E-state index is -0.106. The van der Waals surface area contributed by atoms with Crippen molar-refractivity contribution in [2.45, 2.75) is 6.92 Å². The second-order valence-electron chi connectivity index (χ2n) is 7.78. The molecular formula is C22H25N7O. The molecule has 0 saturated carbocycles. The van der Waals surface area contributed by atoms with Gasteiger partial charge in [-0.15, -0.1) is 0 Å². The summed E-state index contributed by atoms with van der Waals surface area (Å²) >= 11 is 0. The smallest absolute Gasteiger partial charge is 0.260 e. The molecule has 1 fully saturated rings. The number of aromatic amines is 2. The van der Waals surface area contributed by atoms with Crippen LogP contribution in [0.5, 0.6) is 0 Å². The second-order valence-corrected chi connectivity index (χ2v) is 7.78. The van der Waals surface area contributed by atoms with Gasteiger partial charge in [0.15, 0.2) is 5.82 Å². The quantitative estimate of drug-likeness (QED) is 0.474. The first-order valence-electron chi connectivity index (χ1n) is 10.3. The van der Waals surface area contributed by atoms with Crippen molar-refractivity contribution < 1.29 is 0 Å². The fraction of sp³-hybridized carbons (Fsp3) is 0.318. The Kier molecular flexibility index (Phi) is 4.84. The van der Waals surface area contributed by atoms with Crippen LogP contribution in [0.1, 0.15) is 5.56 Å². The molecule has 1 saturated heterocycles. The van der Waals surface area contributed by atoms with E-state index >= 15 is 0 Å². The third-order valence-corrected chi connectivity index (χ3v) is 5.70. The standard InChI is InChI=1S/C22H25N7O/c1-15-6-7-18-17(14-15)21(30)25-22(24-18)23-8-9-28-10-12-29(13-11-28)20-16-4-2-3-5-19(16)26-27-20/h2-7,14H,8-13H2,1H3,(H,26,27)(H2,23,24,25,30). The molecule has 30 heavy (non-hydrogen) atoms. The highest BCUT2D eigenvalue weighted by molar-refractivity contribution is 5.90. The van der Waals surface area contributed by atoms with Crippen LogP contribution in [0.25, 0.3) is 21.8 Å². The van der Waals surface area contributed by atoms with Gasteiger partial charge in [0, 0.05) is 44.7 Å². The third kappa shape index (κ3) is 3.61. The first kappa shape index (κ1) is 18.6. The van der Waals surface area contributed by atoms with Gasteiger partial charge >= 0.3 is 0 Å². The van der Waals surface area contributed by atoms with E-state index < -0.39 is 0 Å². The lowest BCUT2D eigenvalue weighted by molar-refractivity contribution is 0.267. The Hall–Kier alpha value is -3.39. The van der Waals surface area contributed by atoms with Crippen LogP contribution >= 0.6 is 0 Å². The molecule has 0 aliphatic carbocycles. The number of benzene rings is 2. The van der Waals surface area contributed by atoms with Crippen molar-refractivity contribution in [1.82, 2.24) is 25.1 Å². The highest BCUT2D eigenvalue weighted by Gasteiger charge is 2.20. The summed E-state index contributed by atoms with van der Waals surface area (Å²) in [6.45, 7) is 7.43. The van der Waals surface area contributed by atoms with E-state index in [2.05, 4.69) is 53.5 Å². The van der Waals surface area contributed by atoms with Crippen LogP contribution in [-0.2, 0) is 0 Å². The van der Waals surface area contributed by atoms with E-state index in [0.717, 1.165) is 56.2 Å². The molecule has 154 valence electrons. The second kappa shape index (κ2) is 7.79. The molecule has 0 radical (unpaired) electrons. The third-order valence-electron chi connectivity index (χ3n) is 5.70. The van der Waals surface area contributed by atoms with Crippen molar-refractivity contribution in [3.63, 3.8) is 0 Å². The molecule has 1 aliphatic rings. The van der Waals surface area contributed by atoms with E-state index in [1.54, 1.807) is 0 Å². The SMILES string of the molecule is Cc1ccc2nc(NCCN3CCN(c4n[nH]c5ccccc45)CC3)[nH]c(=O)c2c1. The van der Waals surface area contributed by atoms with E-state index in [0.29, 0.717) is 16.9 Å². The lowest BCUT2D eigenvalue weighted by Crippen LogP contribution is -2.47. The average molecular weight is 403 g/mol. The van der Waals surface area contributed by atoms with Crippen LogP contribution in [0.3, 0.4) is 0 Å². The van der Waals surface area contributed by atoms with Gasteiger partial charge in [0.25, 0.3) is 5.56 Å². The zero-order valence-corrected chi connectivity index (χ0v) is 17.0. The fourth-order valence-electron chi connectivity index (χ4n) is 4.04. The summed E-state index contributed by atoms with van der Waals surface area (Å²) in [4.78, 5) is 24.4. The van der Waals surface area contributed by atoms with Crippen molar-refractivity contribution in [2.75, 3.05) is 49.5 Å². The van der Waals surface area contributed by atoms with Gasteiger partial charge < -0.3 is 10.2 Å². The first-order chi connectivity index (χ1) is 14.7. The monoisotopic (exact) mass is 403 g/mol. The molecule has 1 aliphatic heterocycles. The summed E-state index contributed by atoms with van der Waals surface area (Å²) in [5.74, 6) is 1.56. The van der Waals surface area contributed by atoms with Crippen LogP contribution in [0.2, 0.25) is 0 Å². The average Bonchev–Trinajstić information content (AvgIpc) is 3.19. The summed E-state index contributed by atoms with van der Waals surface area (Å²) in [7, 11) is 0. The molecule has 8 nitrogen and oxygen atoms in total. The van der Waals surface area contributed by atoms with E-state index in [9.17, 15) is 4.79 Å². The van der Waals surface area contributed by atoms with Gasteiger partial charge in [-0.3, -0.25) is 19.8 Å². The molecule has 0 bridgehead atoms. The number of hydrogen-bond acceptors (Lipinski definition) is 6. The molecule has 5 rings (SSSR count). The first-order valence-corrected chi connectivity index (χ1v) is 10.3. The van der Waals surface area contributed by atoms with E-state index in [1.165, 1.54) is 5.39 Å². The number of nitrogens with one attached hydrogen (secondary N) is 3. The highest BCUT2D eigenvalue weighted by Crippen LogP contribution is 2.24. The van der Waals surface area contributed by atoms with Crippen LogP contribution in [-0.4, -0.2) is 64.3 Å². The molecule has 2 aromatic heterocycles. The van der Waals surface area contributed by atoms with Crippen LogP contribution < -0.4 is 15.8 Å². The Morgan fingerprint density at radius 2 is 1.90 bits per heavy atom. The Morgan fingerprint density at radius 1 is 1.07 bits per heavy atom. The molecule has 0 spiro atoms. The van der Waals surface area contributed by atoms with E-state index in [1.807, 2.05) is 31.2 Å². The summed E-state index contributed by atoms with van der Waals surface area (Å²) < 4.78 is 0. The Labute approximate surface area is 173 Å². The maximum absolute atomic E-state index is 12.3. The molecule has 2 aromatic carbocycles. The maximum Gasteiger partial charge on any atom is 0.260 e. The molecule has 0 atom stereocenters. The highest BCUT2D eigenvalue weighted by atomic mass is 16.1. The minimum Gasteiger partial charge on any atom is -0.354 e. The largest absolute Gasteiger partial charge is 0.354 e. The number of aromatic nitrogens is 4. The number of rotatable bonds is 5. The number of hydrogen-bond donors (Lipinski definition) is 3. The van der Waals surface area contributed by atoms with E-state index in [-0.39, 0.29) is 5.56 Å². The molecule has 0 unspecified atom stereocenters.